The fourth-order valence-electron chi connectivity index (χ4n) is 1.94. The molecule has 0 bridgehead atoms. The van der Waals surface area contributed by atoms with Gasteiger partial charge in [0.2, 0.25) is 0 Å². The highest BCUT2D eigenvalue weighted by Gasteiger charge is 2.32. The molecule has 0 unspecified atom stereocenters. The highest BCUT2D eigenvalue weighted by Crippen LogP contribution is 2.35. The number of rotatable bonds is 5. The Hall–Kier alpha value is -1.89. The van der Waals surface area contributed by atoms with Crippen molar-refractivity contribution in [2.75, 3.05) is 0 Å². The van der Waals surface area contributed by atoms with Crippen molar-refractivity contribution >= 4 is 21.6 Å². The topological polar surface area (TPSA) is 43.1 Å². The molecule has 2 aromatic carbocycles. The van der Waals surface area contributed by atoms with Crippen LogP contribution in [-0.2, 0) is 0 Å². The van der Waals surface area contributed by atoms with Gasteiger partial charge in [0.15, 0.2) is 18.5 Å². The molecule has 22 heavy (non-hydrogen) atoms. The number of hydrogen-bond acceptors (Lipinski definition) is 2. The van der Waals surface area contributed by atoms with Gasteiger partial charge in [-0.3, -0.25) is 10.1 Å². The number of benzene rings is 2. The zero-order chi connectivity index (χ0) is 16.3. The summed E-state index contributed by atoms with van der Waals surface area (Å²) in [5.41, 5.74) is -0.353. The Kier molecular flexibility index (Phi) is 5.18. The lowest BCUT2D eigenvalue weighted by molar-refractivity contribution is -0.384. The first-order valence-corrected chi connectivity index (χ1v) is 7.11. The first-order chi connectivity index (χ1) is 10.4. The molecule has 0 spiro atoms. The number of nitrogens with zero attached hydrogens (tertiary/aromatic N) is 1. The first-order valence-electron chi connectivity index (χ1n) is 6.32. The van der Waals surface area contributed by atoms with E-state index in [-0.39, 0.29) is 16.8 Å². The predicted molar refractivity (Wildman–Crippen MR) is 79.8 cm³/mol. The van der Waals surface area contributed by atoms with Gasteiger partial charge >= 0.3 is 0 Å². The summed E-state index contributed by atoms with van der Waals surface area (Å²) in [4.78, 5) is 9.86. The van der Waals surface area contributed by atoms with Crippen molar-refractivity contribution < 1.29 is 18.1 Å². The minimum atomic E-state index is -2.40. The molecule has 0 amide bonds. The van der Waals surface area contributed by atoms with E-state index in [0.29, 0.717) is 4.47 Å². The van der Waals surface area contributed by atoms with Crippen molar-refractivity contribution in [2.24, 2.45) is 0 Å². The highest BCUT2D eigenvalue weighted by molar-refractivity contribution is 9.10. The summed E-state index contributed by atoms with van der Waals surface area (Å²) >= 11 is 3.17. The first kappa shape index (κ1) is 16.5. The van der Waals surface area contributed by atoms with E-state index >= 15 is 0 Å². The van der Waals surface area contributed by atoms with Crippen LogP contribution in [0, 0.1) is 10.1 Å². The third kappa shape index (κ3) is 3.65. The molecule has 3 atom stereocenters. The number of nitro groups is 1. The monoisotopic (exact) mass is 373 g/mol. The molecule has 3 nitrogen and oxygen atoms in total. The van der Waals surface area contributed by atoms with Gasteiger partial charge in [-0.25, -0.2) is 13.2 Å². The van der Waals surface area contributed by atoms with Gasteiger partial charge in [-0.15, -0.1) is 0 Å². The normalized spacial score (nSPS) is 15.1. The number of non-ortho nitro benzene ring substituents is 1. The molecule has 0 radical (unpaired) electrons. The molecule has 0 aromatic heterocycles. The summed E-state index contributed by atoms with van der Waals surface area (Å²) in [6.45, 7) is 0. The third-order valence-electron chi connectivity index (χ3n) is 3.17. The van der Waals surface area contributed by atoms with Crippen LogP contribution in [0.4, 0.5) is 18.9 Å². The molecule has 7 heteroatoms. The lowest BCUT2D eigenvalue weighted by atomic mass is 9.99. The molecule has 116 valence electrons. The molecule has 0 heterocycles. The van der Waals surface area contributed by atoms with Gasteiger partial charge in [0.1, 0.15) is 0 Å². The second-order valence-electron chi connectivity index (χ2n) is 4.65. The molecule has 0 aliphatic rings. The second-order valence-corrected chi connectivity index (χ2v) is 5.56. The van der Waals surface area contributed by atoms with E-state index in [2.05, 4.69) is 15.9 Å². The molecule has 2 rings (SSSR count). The lowest BCUT2D eigenvalue weighted by Crippen LogP contribution is -2.16. The smallest absolute Gasteiger partial charge is 0.258 e. The van der Waals surface area contributed by atoms with Gasteiger partial charge in [0.25, 0.3) is 5.69 Å². The average Bonchev–Trinajstić information content (AvgIpc) is 2.53. The number of hydrogen-bond donors (Lipinski definition) is 0. The van der Waals surface area contributed by atoms with E-state index in [0.717, 1.165) is 24.3 Å². The van der Waals surface area contributed by atoms with E-state index in [1.54, 1.807) is 0 Å². The second kappa shape index (κ2) is 6.91. The molecule has 0 aliphatic carbocycles. The van der Waals surface area contributed by atoms with Gasteiger partial charge in [-0.1, -0.05) is 28.1 Å². The van der Waals surface area contributed by atoms with Crippen LogP contribution >= 0.6 is 15.9 Å². The Morgan fingerprint density at radius 2 is 1.27 bits per heavy atom. The predicted octanol–water partition coefficient (Wildman–Crippen LogP) is 5.42. The fourth-order valence-corrected chi connectivity index (χ4v) is 2.21. The molecular weight excluding hydrogens is 363 g/mol. The van der Waals surface area contributed by atoms with E-state index in [1.165, 1.54) is 24.3 Å². The van der Waals surface area contributed by atoms with Gasteiger partial charge in [-0.2, -0.15) is 0 Å². The summed E-state index contributed by atoms with van der Waals surface area (Å²) in [6, 6.07) is 10.1. The molecule has 0 saturated carbocycles. The van der Waals surface area contributed by atoms with Crippen LogP contribution in [0.15, 0.2) is 53.0 Å². The summed E-state index contributed by atoms with van der Waals surface area (Å²) in [6.07, 6.45) is -6.74. The molecule has 2 aromatic rings. The van der Waals surface area contributed by atoms with Crippen molar-refractivity contribution in [3.05, 3.63) is 74.2 Å². The Balaban J connectivity index is 2.15. The molecule has 0 N–H and O–H groups in total. The summed E-state index contributed by atoms with van der Waals surface area (Å²) < 4.78 is 42.9. The van der Waals surface area contributed by atoms with Crippen LogP contribution in [0.2, 0.25) is 0 Å². The fraction of sp³-hybridized carbons (Fsp3) is 0.200. The standard InChI is InChI=1S/C15H11BrF3NO2/c16-11-5-1-9(2-6-11)13(17)15(19)14(18)10-3-7-12(8-4-10)20(21)22/h1-8,13-15H/t13-,14-,15-/m1/s1. The molecule has 0 saturated heterocycles. The van der Waals surface area contributed by atoms with Crippen molar-refractivity contribution in [1.82, 2.24) is 0 Å². The number of alkyl halides is 3. The van der Waals surface area contributed by atoms with Gasteiger partial charge in [-0.05, 0) is 35.4 Å². The van der Waals surface area contributed by atoms with E-state index in [4.69, 9.17) is 0 Å². The van der Waals surface area contributed by atoms with Crippen LogP contribution in [0.5, 0.6) is 0 Å². The van der Waals surface area contributed by atoms with Crippen molar-refractivity contribution in [1.29, 1.82) is 0 Å². The number of nitro benzene ring substituents is 1. The minimum absolute atomic E-state index is 0.0280. The molecule has 0 fully saturated rings. The van der Waals surface area contributed by atoms with Gasteiger partial charge in [0.05, 0.1) is 4.92 Å². The van der Waals surface area contributed by atoms with Crippen LogP contribution in [0.25, 0.3) is 0 Å². The van der Waals surface area contributed by atoms with Gasteiger partial charge < -0.3 is 0 Å². The maximum atomic E-state index is 14.1. The molecular formula is C15H11BrF3NO2. The minimum Gasteiger partial charge on any atom is -0.258 e. The molecule has 0 aliphatic heterocycles. The van der Waals surface area contributed by atoms with Gasteiger partial charge in [0, 0.05) is 16.6 Å². The Labute approximate surface area is 133 Å². The van der Waals surface area contributed by atoms with E-state index in [9.17, 15) is 23.3 Å². The number of halogens is 4. The van der Waals surface area contributed by atoms with Crippen LogP contribution in [-0.4, -0.2) is 11.1 Å². The maximum absolute atomic E-state index is 14.1. The zero-order valence-electron chi connectivity index (χ0n) is 11.1. The summed E-state index contributed by atoms with van der Waals surface area (Å²) in [5, 5.41) is 10.5. The largest absolute Gasteiger partial charge is 0.269 e. The van der Waals surface area contributed by atoms with E-state index < -0.39 is 23.4 Å². The summed E-state index contributed by atoms with van der Waals surface area (Å²) in [7, 11) is 0. The van der Waals surface area contributed by atoms with E-state index in [1.807, 2.05) is 0 Å². The summed E-state index contributed by atoms with van der Waals surface area (Å²) in [5.74, 6) is 0. The SMILES string of the molecule is O=[N+]([O-])c1ccc([C@@H](F)[C@H](F)[C@H](F)c2ccc(Br)cc2)cc1. The zero-order valence-corrected chi connectivity index (χ0v) is 12.7. The quantitative estimate of drug-likeness (QED) is 0.518. The van der Waals surface area contributed by atoms with Crippen LogP contribution in [0.3, 0.4) is 0 Å². The van der Waals surface area contributed by atoms with Crippen LogP contribution in [0.1, 0.15) is 23.5 Å². The van der Waals surface area contributed by atoms with Crippen LogP contribution < -0.4 is 0 Å². The maximum Gasteiger partial charge on any atom is 0.269 e. The Morgan fingerprint density at radius 3 is 1.68 bits per heavy atom. The Morgan fingerprint density at radius 1 is 0.864 bits per heavy atom. The third-order valence-corrected chi connectivity index (χ3v) is 3.70. The van der Waals surface area contributed by atoms with Crippen molar-refractivity contribution in [3.8, 4) is 0 Å². The van der Waals surface area contributed by atoms with Crippen molar-refractivity contribution in [3.63, 3.8) is 0 Å². The van der Waals surface area contributed by atoms with Crippen molar-refractivity contribution in [2.45, 2.75) is 18.5 Å². The average molecular weight is 374 g/mol. The Bertz CT molecular complexity index is 649. The highest BCUT2D eigenvalue weighted by atomic mass is 79.9. The lowest BCUT2D eigenvalue weighted by Gasteiger charge is -2.18.